The molecule has 0 bridgehead atoms. The van der Waals surface area contributed by atoms with Gasteiger partial charge in [-0.3, -0.25) is 9.10 Å². The van der Waals surface area contributed by atoms with Crippen LogP contribution in [-0.4, -0.2) is 39.8 Å². The van der Waals surface area contributed by atoms with Crippen molar-refractivity contribution in [3.63, 3.8) is 0 Å². The number of ether oxygens (including phenoxy) is 2. The van der Waals surface area contributed by atoms with E-state index in [2.05, 4.69) is 11.9 Å². The predicted octanol–water partition coefficient (Wildman–Crippen LogP) is 3.46. The van der Waals surface area contributed by atoms with Crippen LogP contribution in [-0.2, 0) is 14.8 Å². The molecule has 0 unspecified atom stereocenters. The highest BCUT2D eigenvalue weighted by atomic mass is 35.5. The van der Waals surface area contributed by atoms with Gasteiger partial charge in [-0.2, -0.15) is 0 Å². The minimum absolute atomic E-state index is 0.0900. The van der Waals surface area contributed by atoms with E-state index in [-0.39, 0.29) is 24.6 Å². The number of carbonyl (C=O) groups is 1. The molecule has 0 radical (unpaired) electrons. The van der Waals surface area contributed by atoms with Gasteiger partial charge < -0.3 is 14.8 Å². The number of rotatable bonds is 6. The van der Waals surface area contributed by atoms with E-state index >= 15 is 0 Å². The molecule has 9 heteroatoms. The van der Waals surface area contributed by atoms with Gasteiger partial charge in [-0.1, -0.05) is 30.3 Å². The molecule has 154 valence electrons. The molecule has 0 aliphatic carbocycles. The molecule has 0 fully saturated rings. The van der Waals surface area contributed by atoms with Gasteiger partial charge in [0.05, 0.1) is 11.9 Å². The SMILES string of the molecule is C=CCOc1cccc(NC(=O)[C@H]2CCN(S(C)(=O)=O)c3cc(Cl)ccc3O2)c1. The molecule has 1 N–H and O–H groups in total. The van der Waals surface area contributed by atoms with Gasteiger partial charge in [-0.15, -0.1) is 0 Å². The van der Waals surface area contributed by atoms with Crippen LogP contribution in [0.1, 0.15) is 6.42 Å². The Morgan fingerprint density at radius 1 is 1.38 bits per heavy atom. The highest BCUT2D eigenvalue weighted by Gasteiger charge is 2.31. The lowest BCUT2D eigenvalue weighted by atomic mass is 10.2. The summed E-state index contributed by atoms with van der Waals surface area (Å²) < 4.78 is 36.9. The summed E-state index contributed by atoms with van der Waals surface area (Å²) >= 11 is 6.03. The first kappa shape index (κ1) is 21.0. The van der Waals surface area contributed by atoms with E-state index in [0.717, 1.165) is 6.26 Å². The van der Waals surface area contributed by atoms with Crippen molar-refractivity contribution < 1.29 is 22.7 Å². The van der Waals surface area contributed by atoms with Crippen LogP contribution in [0.3, 0.4) is 0 Å². The fraction of sp³-hybridized carbons (Fsp3) is 0.250. The Labute approximate surface area is 174 Å². The average Bonchev–Trinajstić information content (AvgIpc) is 2.86. The van der Waals surface area contributed by atoms with Crippen LogP contribution in [0, 0.1) is 0 Å². The quantitative estimate of drug-likeness (QED) is 0.701. The summed E-state index contributed by atoms with van der Waals surface area (Å²) in [5.74, 6) is 0.482. The molecule has 7 nitrogen and oxygen atoms in total. The van der Waals surface area contributed by atoms with Crippen LogP contribution >= 0.6 is 11.6 Å². The van der Waals surface area contributed by atoms with Crippen LogP contribution in [0.2, 0.25) is 5.02 Å². The van der Waals surface area contributed by atoms with Crippen LogP contribution < -0.4 is 19.1 Å². The zero-order valence-electron chi connectivity index (χ0n) is 15.8. The highest BCUT2D eigenvalue weighted by Crippen LogP contribution is 2.36. The van der Waals surface area contributed by atoms with Crippen molar-refractivity contribution in [3.8, 4) is 11.5 Å². The van der Waals surface area contributed by atoms with Gasteiger partial charge in [0.25, 0.3) is 5.91 Å². The molecule has 1 aliphatic heterocycles. The monoisotopic (exact) mass is 436 g/mol. The Bertz CT molecular complexity index is 1030. The number of halogens is 1. The Balaban J connectivity index is 1.81. The first-order chi connectivity index (χ1) is 13.8. The summed E-state index contributed by atoms with van der Waals surface area (Å²) in [7, 11) is -3.56. The van der Waals surface area contributed by atoms with Gasteiger partial charge in [-0.25, -0.2) is 8.42 Å². The Hall–Kier alpha value is -2.71. The molecule has 1 heterocycles. The van der Waals surface area contributed by atoms with Crippen molar-refractivity contribution in [1.82, 2.24) is 0 Å². The second-order valence-electron chi connectivity index (χ2n) is 6.46. The van der Waals surface area contributed by atoms with Crippen molar-refractivity contribution in [1.29, 1.82) is 0 Å². The molecule has 1 atom stereocenters. The minimum Gasteiger partial charge on any atom is -0.489 e. The number of carbonyl (C=O) groups excluding carboxylic acids is 1. The lowest BCUT2D eigenvalue weighted by Crippen LogP contribution is -2.35. The van der Waals surface area contributed by atoms with Gasteiger partial charge >= 0.3 is 0 Å². The Morgan fingerprint density at radius 3 is 2.90 bits per heavy atom. The van der Waals surface area contributed by atoms with Crippen molar-refractivity contribution >= 4 is 38.9 Å². The highest BCUT2D eigenvalue weighted by molar-refractivity contribution is 7.92. The van der Waals surface area contributed by atoms with Crippen LogP contribution in [0.4, 0.5) is 11.4 Å². The number of sulfonamides is 1. The lowest BCUT2D eigenvalue weighted by Gasteiger charge is -2.21. The second-order valence-corrected chi connectivity index (χ2v) is 8.80. The molecular weight excluding hydrogens is 416 g/mol. The second kappa shape index (κ2) is 8.75. The van der Waals surface area contributed by atoms with E-state index in [1.165, 1.54) is 10.4 Å². The summed E-state index contributed by atoms with van der Waals surface area (Å²) in [4.78, 5) is 12.8. The molecule has 2 aromatic rings. The normalized spacial score (nSPS) is 16.2. The molecule has 1 amide bonds. The van der Waals surface area contributed by atoms with E-state index in [0.29, 0.717) is 28.8 Å². The Kier molecular flexibility index (Phi) is 6.34. The third-order valence-electron chi connectivity index (χ3n) is 4.22. The van der Waals surface area contributed by atoms with Gasteiger partial charge in [0.1, 0.15) is 18.1 Å². The van der Waals surface area contributed by atoms with Gasteiger partial charge in [0.15, 0.2) is 6.10 Å². The number of hydrogen-bond acceptors (Lipinski definition) is 5. The first-order valence-electron chi connectivity index (χ1n) is 8.86. The predicted molar refractivity (Wildman–Crippen MR) is 113 cm³/mol. The molecule has 0 saturated heterocycles. The third-order valence-corrected chi connectivity index (χ3v) is 5.63. The minimum atomic E-state index is -3.56. The van der Waals surface area contributed by atoms with Crippen LogP contribution in [0.15, 0.2) is 55.1 Å². The molecule has 0 spiro atoms. The third kappa shape index (κ3) is 5.21. The van der Waals surface area contributed by atoms with E-state index in [1.54, 1.807) is 42.5 Å². The van der Waals surface area contributed by atoms with E-state index in [1.807, 2.05) is 0 Å². The number of fused-ring (bicyclic) bond motifs is 1. The summed E-state index contributed by atoms with van der Waals surface area (Å²) in [6, 6.07) is 11.6. The van der Waals surface area contributed by atoms with Crippen molar-refractivity contribution in [2.75, 3.05) is 29.0 Å². The zero-order valence-corrected chi connectivity index (χ0v) is 17.4. The van der Waals surface area contributed by atoms with Gasteiger partial charge in [0, 0.05) is 29.7 Å². The maximum atomic E-state index is 12.8. The summed E-state index contributed by atoms with van der Waals surface area (Å²) in [5, 5.41) is 3.16. The molecule has 1 aliphatic rings. The summed E-state index contributed by atoms with van der Waals surface area (Å²) in [6.45, 7) is 4.04. The molecule has 0 saturated carbocycles. The molecule has 0 aromatic heterocycles. The van der Waals surface area contributed by atoms with Gasteiger partial charge in [-0.05, 0) is 30.3 Å². The van der Waals surface area contributed by atoms with Crippen molar-refractivity contribution in [2.45, 2.75) is 12.5 Å². The fourth-order valence-electron chi connectivity index (χ4n) is 2.92. The molecular formula is C20H21ClN2O5S. The van der Waals surface area contributed by atoms with Crippen molar-refractivity contribution in [2.24, 2.45) is 0 Å². The smallest absolute Gasteiger partial charge is 0.265 e. The number of benzene rings is 2. The fourth-order valence-corrected chi connectivity index (χ4v) is 4.03. The van der Waals surface area contributed by atoms with Gasteiger partial charge in [0.2, 0.25) is 10.0 Å². The van der Waals surface area contributed by atoms with Crippen molar-refractivity contribution in [3.05, 3.63) is 60.1 Å². The summed E-state index contributed by atoms with van der Waals surface area (Å²) in [5.41, 5.74) is 0.857. The largest absolute Gasteiger partial charge is 0.489 e. The number of hydrogen-bond donors (Lipinski definition) is 1. The topological polar surface area (TPSA) is 84.9 Å². The van der Waals surface area contributed by atoms with E-state index in [4.69, 9.17) is 21.1 Å². The lowest BCUT2D eigenvalue weighted by molar-refractivity contribution is -0.122. The number of anilines is 2. The Morgan fingerprint density at radius 2 is 2.17 bits per heavy atom. The summed E-state index contributed by atoms with van der Waals surface area (Å²) in [6.07, 6.45) is 2.03. The number of amides is 1. The maximum Gasteiger partial charge on any atom is 0.265 e. The van der Waals surface area contributed by atoms with Crippen LogP contribution in [0.5, 0.6) is 11.5 Å². The van der Waals surface area contributed by atoms with Crippen LogP contribution in [0.25, 0.3) is 0 Å². The van der Waals surface area contributed by atoms with E-state index < -0.39 is 16.1 Å². The first-order valence-corrected chi connectivity index (χ1v) is 11.1. The molecule has 3 rings (SSSR count). The standard InChI is InChI=1S/C20H21ClN2O5S/c1-3-11-27-16-6-4-5-15(13-16)22-20(24)19-9-10-23(29(2,25)26)17-12-14(21)7-8-18(17)28-19/h3-8,12-13,19H,1,9-11H2,2H3,(H,22,24)/t19-/m1/s1. The average molecular weight is 437 g/mol. The maximum absolute atomic E-state index is 12.8. The number of nitrogens with zero attached hydrogens (tertiary/aromatic N) is 1. The van der Waals surface area contributed by atoms with E-state index in [9.17, 15) is 13.2 Å². The number of nitrogens with one attached hydrogen (secondary N) is 1. The molecule has 29 heavy (non-hydrogen) atoms. The zero-order chi connectivity index (χ0) is 21.0. The molecule has 2 aromatic carbocycles.